The van der Waals surface area contributed by atoms with Crippen molar-refractivity contribution in [1.29, 1.82) is 0 Å². The molecule has 2 N–H and O–H groups in total. The molecule has 4 rings (SSSR count). The molecule has 20 heavy (non-hydrogen) atoms. The second-order valence-electron chi connectivity index (χ2n) is 6.26. The lowest BCUT2D eigenvalue weighted by atomic mass is 9.73. The van der Waals surface area contributed by atoms with E-state index in [-0.39, 0.29) is 11.8 Å². The van der Waals surface area contributed by atoms with Crippen molar-refractivity contribution in [3.05, 3.63) is 16.1 Å². The van der Waals surface area contributed by atoms with E-state index in [2.05, 4.69) is 29.5 Å². The third-order valence-electron chi connectivity index (χ3n) is 4.61. The average Bonchev–Trinajstić information content (AvgIpc) is 2.92. The van der Waals surface area contributed by atoms with Crippen molar-refractivity contribution >= 4 is 17.2 Å². The summed E-state index contributed by atoms with van der Waals surface area (Å²) in [5, 5.41) is 7.75. The number of carbonyl (C=O) groups is 1. The minimum atomic E-state index is 0.174. The maximum atomic E-state index is 12.4. The Morgan fingerprint density at radius 2 is 2.45 bits per heavy atom. The first-order valence-corrected chi connectivity index (χ1v) is 8.38. The van der Waals surface area contributed by atoms with Gasteiger partial charge in [0.1, 0.15) is 0 Å². The van der Waals surface area contributed by atoms with Gasteiger partial charge in [0, 0.05) is 29.6 Å². The second-order valence-corrected chi connectivity index (χ2v) is 7.52. The molecule has 0 aromatic carbocycles. The lowest BCUT2D eigenvalue weighted by Gasteiger charge is -2.42. The highest BCUT2D eigenvalue weighted by Gasteiger charge is 2.39. The van der Waals surface area contributed by atoms with Gasteiger partial charge in [0.15, 0.2) is 0 Å². The fraction of sp³-hybridized carbons (Fsp3) is 0.733. The molecular weight excluding hydrogens is 270 g/mol. The van der Waals surface area contributed by atoms with Crippen LogP contribution in [0.2, 0.25) is 0 Å². The summed E-state index contributed by atoms with van der Waals surface area (Å²) in [6.45, 7) is 5.99. The topological polar surface area (TPSA) is 54.0 Å². The molecule has 1 amide bonds. The molecule has 1 aromatic rings. The molecular formula is C15H23N3OS. The molecule has 4 nitrogen and oxygen atoms in total. The summed E-state index contributed by atoms with van der Waals surface area (Å²) >= 11 is 1.72. The van der Waals surface area contributed by atoms with E-state index >= 15 is 0 Å². The average molecular weight is 293 g/mol. The Labute approximate surface area is 124 Å². The van der Waals surface area contributed by atoms with Gasteiger partial charge in [-0.05, 0) is 38.6 Å². The number of hydrogen-bond donors (Lipinski definition) is 2. The van der Waals surface area contributed by atoms with E-state index < -0.39 is 0 Å². The first kappa shape index (κ1) is 14.0. The number of nitrogens with one attached hydrogen (secondary N) is 2. The van der Waals surface area contributed by atoms with Gasteiger partial charge < -0.3 is 10.6 Å². The zero-order chi connectivity index (χ0) is 14.1. The van der Waals surface area contributed by atoms with Crippen LogP contribution in [0.15, 0.2) is 6.20 Å². The summed E-state index contributed by atoms with van der Waals surface area (Å²) < 4.78 is 0. The van der Waals surface area contributed by atoms with Gasteiger partial charge in [0.05, 0.1) is 10.9 Å². The van der Waals surface area contributed by atoms with Crippen LogP contribution in [0.4, 0.5) is 0 Å². The SMILES string of the molecule is Cc1cnc(C(C)CNC(=O)C2CC3CCC2NC3)s1. The van der Waals surface area contributed by atoms with Gasteiger partial charge in [-0.1, -0.05) is 6.92 Å². The molecule has 1 saturated carbocycles. The van der Waals surface area contributed by atoms with Gasteiger partial charge in [0.2, 0.25) is 5.91 Å². The monoisotopic (exact) mass is 293 g/mol. The van der Waals surface area contributed by atoms with Crippen molar-refractivity contribution in [2.24, 2.45) is 11.8 Å². The molecule has 2 bridgehead atoms. The highest BCUT2D eigenvalue weighted by Crippen LogP contribution is 2.33. The first-order chi connectivity index (χ1) is 9.63. The van der Waals surface area contributed by atoms with Crippen LogP contribution in [0.3, 0.4) is 0 Å². The van der Waals surface area contributed by atoms with Gasteiger partial charge in [0.25, 0.3) is 0 Å². The number of aryl methyl sites for hydroxylation is 1. The molecule has 3 fully saturated rings. The van der Waals surface area contributed by atoms with Gasteiger partial charge in [-0.25, -0.2) is 4.98 Å². The number of rotatable bonds is 4. The van der Waals surface area contributed by atoms with Gasteiger partial charge >= 0.3 is 0 Å². The molecule has 2 saturated heterocycles. The van der Waals surface area contributed by atoms with Crippen LogP contribution in [0, 0.1) is 18.8 Å². The van der Waals surface area contributed by atoms with Crippen LogP contribution >= 0.6 is 11.3 Å². The predicted molar refractivity (Wildman–Crippen MR) is 80.9 cm³/mol. The zero-order valence-electron chi connectivity index (χ0n) is 12.2. The summed E-state index contributed by atoms with van der Waals surface area (Å²) in [5.74, 6) is 1.40. The number of piperidine rings is 2. The normalized spacial score (nSPS) is 30.2. The summed E-state index contributed by atoms with van der Waals surface area (Å²) in [6.07, 6.45) is 5.41. The summed E-state index contributed by atoms with van der Waals surface area (Å²) in [5.41, 5.74) is 0. The smallest absolute Gasteiger partial charge is 0.224 e. The Bertz CT molecular complexity index is 479. The van der Waals surface area contributed by atoms with E-state index in [1.54, 1.807) is 11.3 Å². The number of amides is 1. The largest absolute Gasteiger partial charge is 0.355 e. The standard InChI is InChI=1S/C15H23N3OS/c1-9(15-18-7-10(2)20-15)6-17-14(19)12-5-11-3-4-13(12)16-8-11/h7,9,11-13,16H,3-6,8H2,1-2H3,(H,17,19). The third-order valence-corrected chi connectivity index (χ3v) is 5.75. The van der Waals surface area contributed by atoms with E-state index in [1.165, 1.54) is 11.3 Å². The number of aromatic nitrogens is 1. The molecule has 3 heterocycles. The van der Waals surface area contributed by atoms with Crippen LogP contribution in [0.25, 0.3) is 0 Å². The van der Waals surface area contributed by atoms with Crippen molar-refractivity contribution in [3.8, 4) is 0 Å². The van der Waals surface area contributed by atoms with Crippen LogP contribution in [-0.2, 0) is 4.79 Å². The third kappa shape index (κ3) is 2.88. The number of hydrogen-bond acceptors (Lipinski definition) is 4. The Morgan fingerprint density at radius 3 is 3.00 bits per heavy atom. The quantitative estimate of drug-likeness (QED) is 0.893. The van der Waals surface area contributed by atoms with Crippen molar-refractivity contribution in [3.63, 3.8) is 0 Å². The molecule has 5 heteroatoms. The predicted octanol–water partition coefficient (Wildman–Crippen LogP) is 2.06. The maximum absolute atomic E-state index is 12.4. The zero-order valence-corrected chi connectivity index (χ0v) is 13.0. The highest BCUT2D eigenvalue weighted by atomic mass is 32.1. The van der Waals surface area contributed by atoms with E-state index in [0.717, 1.165) is 24.4 Å². The van der Waals surface area contributed by atoms with Gasteiger partial charge in [-0.2, -0.15) is 0 Å². The van der Waals surface area contributed by atoms with Crippen molar-refractivity contribution in [2.45, 2.75) is 45.1 Å². The van der Waals surface area contributed by atoms with Crippen molar-refractivity contribution < 1.29 is 4.79 Å². The molecule has 4 atom stereocenters. The van der Waals surface area contributed by atoms with E-state index in [1.807, 2.05) is 6.20 Å². The van der Waals surface area contributed by atoms with E-state index in [0.29, 0.717) is 24.4 Å². The first-order valence-electron chi connectivity index (χ1n) is 7.57. The fourth-order valence-corrected chi connectivity index (χ4v) is 4.19. The second kappa shape index (κ2) is 5.82. The molecule has 3 aliphatic rings. The van der Waals surface area contributed by atoms with Gasteiger partial charge in [-0.3, -0.25) is 4.79 Å². The number of carbonyl (C=O) groups excluding carboxylic acids is 1. The van der Waals surface area contributed by atoms with Crippen LogP contribution in [0.1, 0.15) is 42.0 Å². The number of nitrogens with zero attached hydrogens (tertiary/aromatic N) is 1. The molecule has 0 spiro atoms. The minimum Gasteiger partial charge on any atom is -0.355 e. The summed E-state index contributed by atoms with van der Waals surface area (Å²) in [7, 11) is 0. The van der Waals surface area contributed by atoms with E-state index in [4.69, 9.17) is 0 Å². The molecule has 110 valence electrons. The molecule has 4 unspecified atom stereocenters. The van der Waals surface area contributed by atoms with Crippen molar-refractivity contribution in [2.75, 3.05) is 13.1 Å². The molecule has 1 aromatic heterocycles. The number of fused-ring (bicyclic) bond motifs is 3. The summed E-state index contributed by atoms with van der Waals surface area (Å²) in [4.78, 5) is 18.0. The Morgan fingerprint density at radius 1 is 1.60 bits per heavy atom. The van der Waals surface area contributed by atoms with Crippen LogP contribution < -0.4 is 10.6 Å². The number of thiazole rings is 1. The maximum Gasteiger partial charge on any atom is 0.224 e. The van der Waals surface area contributed by atoms with Crippen LogP contribution in [-0.4, -0.2) is 30.0 Å². The van der Waals surface area contributed by atoms with Crippen LogP contribution in [0.5, 0.6) is 0 Å². The Balaban J connectivity index is 1.52. The minimum absolute atomic E-state index is 0.174. The van der Waals surface area contributed by atoms with Crippen molar-refractivity contribution in [1.82, 2.24) is 15.6 Å². The lowest BCUT2D eigenvalue weighted by Crippen LogP contribution is -2.55. The summed E-state index contributed by atoms with van der Waals surface area (Å²) in [6, 6.07) is 0.400. The lowest BCUT2D eigenvalue weighted by molar-refractivity contribution is -0.128. The molecule has 2 aliphatic heterocycles. The molecule has 0 radical (unpaired) electrons. The Hall–Kier alpha value is -0.940. The highest BCUT2D eigenvalue weighted by molar-refractivity contribution is 7.11. The Kier molecular flexibility index (Phi) is 4.08. The van der Waals surface area contributed by atoms with E-state index in [9.17, 15) is 4.79 Å². The molecule has 1 aliphatic carbocycles. The van der Waals surface area contributed by atoms with Gasteiger partial charge in [-0.15, -0.1) is 11.3 Å². The fourth-order valence-electron chi connectivity index (χ4n) is 3.37.